The van der Waals surface area contributed by atoms with Crippen LogP contribution in [0.1, 0.15) is 43.9 Å². The second-order valence-corrected chi connectivity index (χ2v) is 9.37. The van der Waals surface area contributed by atoms with Gasteiger partial charge in [0, 0.05) is 12.3 Å². The topological polar surface area (TPSA) is 78.0 Å². The Kier molecular flexibility index (Phi) is 6.24. The van der Waals surface area contributed by atoms with Gasteiger partial charge < -0.3 is 14.2 Å². The lowest BCUT2D eigenvalue weighted by atomic mass is 9.78. The number of nitrogens with zero attached hydrogens (tertiary/aromatic N) is 2. The molecule has 3 aromatic rings. The minimum Gasteiger partial charge on any atom is -0.486 e. The van der Waals surface area contributed by atoms with E-state index < -0.39 is 5.41 Å². The molecule has 1 aliphatic heterocycles. The molecule has 0 atom stereocenters. The van der Waals surface area contributed by atoms with E-state index in [9.17, 15) is 9.59 Å². The van der Waals surface area contributed by atoms with Gasteiger partial charge in [-0.3, -0.25) is 14.5 Å². The Morgan fingerprint density at radius 3 is 2.53 bits per heavy atom. The van der Waals surface area contributed by atoms with E-state index in [1.54, 1.807) is 4.90 Å². The highest BCUT2D eigenvalue weighted by atomic mass is 32.1. The van der Waals surface area contributed by atoms with E-state index in [1.807, 2.05) is 53.9 Å². The van der Waals surface area contributed by atoms with Crippen LogP contribution >= 0.6 is 11.3 Å². The monoisotopic (exact) mass is 478 g/mol. The standard InChI is InChI=1S/C26H26N2O5S/c1-18(29)28(21-7-3-2-4-8-21)25-27-20(17-34-25)16-33-24(30)26(11-5-6-12-26)19-9-10-22-23(15-19)32-14-13-31-22/h2-4,7-10,15,17H,5-6,11-14,16H2,1H3. The largest absolute Gasteiger partial charge is 0.486 e. The number of thiazole rings is 1. The number of hydrogen-bond donors (Lipinski definition) is 0. The zero-order chi connectivity index (χ0) is 23.5. The highest BCUT2D eigenvalue weighted by Gasteiger charge is 2.44. The SMILES string of the molecule is CC(=O)N(c1ccccc1)c1nc(COC(=O)C2(c3ccc4c(c3)OCCO4)CCCC2)cs1. The quantitative estimate of drug-likeness (QED) is 0.456. The number of anilines is 2. The molecule has 1 saturated carbocycles. The zero-order valence-electron chi connectivity index (χ0n) is 19.0. The zero-order valence-corrected chi connectivity index (χ0v) is 19.8. The van der Waals surface area contributed by atoms with Gasteiger partial charge in [-0.15, -0.1) is 11.3 Å². The second-order valence-electron chi connectivity index (χ2n) is 8.54. The van der Waals surface area contributed by atoms with Crippen molar-refractivity contribution in [2.75, 3.05) is 18.1 Å². The van der Waals surface area contributed by atoms with Crippen molar-refractivity contribution in [3.8, 4) is 11.5 Å². The summed E-state index contributed by atoms with van der Waals surface area (Å²) in [7, 11) is 0. The Morgan fingerprint density at radius 2 is 1.79 bits per heavy atom. The molecule has 34 heavy (non-hydrogen) atoms. The molecule has 1 aromatic heterocycles. The van der Waals surface area contributed by atoms with Crippen LogP contribution in [-0.4, -0.2) is 30.1 Å². The van der Waals surface area contributed by atoms with E-state index in [1.165, 1.54) is 18.3 Å². The molecular weight excluding hydrogens is 452 g/mol. The van der Waals surface area contributed by atoms with Gasteiger partial charge in [-0.1, -0.05) is 37.1 Å². The van der Waals surface area contributed by atoms with Gasteiger partial charge in [0.2, 0.25) is 5.91 Å². The number of fused-ring (bicyclic) bond motifs is 1. The number of ether oxygens (including phenoxy) is 3. The van der Waals surface area contributed by atoms with Crippen LogP contribution in [0.3, 0.4) is 0 Å². The molecule has 0 saturated heterocycles. The lowest BCUT2D eigenvalue weighted by Crippen LogP contribution is -2.35. The predicted molar refractivity (Wildman–Crippen MR) is 129 cm³/mol. The molecule has 0 N–H and O–H groups in total. The van der Waals surface area contributed by atoms with E-state index in [0.29, 0.717) is 35.5 Å². The summed E-state index contributed by atoms with van der Waals surface area (Å²) in [6.07, 6.45) is 3.41. The molecule has 1 fully saturated rings. The van der Waals surface area contributed by atoms with Crippen molar-refractivity contribution in [1.29, 1.82) is 0 Å². The fourth-order valence-corrected chi connectivity index (χ4v) is 5.55. The summed E-state index contributed by atoms with van der Waals surface area (Å²) in [5, 5.41) is 2.37. The van der Waals surface area contributed by atoms with Crippen LogP contribution in [0.15, 0.2) is 53.9 Å². The number of amides is 1. The van der Waals surface area contributed by atoms with Crippen LogP contribution in [0.25, 0.3) is 0 Å². The van der Waals surface area contributed by atoms with Gasteiger partial charge in [0.1, 0.15) is 19.8 Å². The molecule has 7 nitrogen and oxygen atoms in total. The van der Waals surface area contributed by atoms with E-state index in [0.717, 1.165) is 36.9 Å². The third-order valence-corrected chi connectivity index (χ3v) is 7.23. The summed E-state index contributed by atoms with van der Waals surface area (Å²) >= 11 is 1.35. The van der Waals surface area contributed by atoms with Crippen molar-refractivity contribution < 1.29 is 23.8 Å². The predicted octanol–water partition coefficient (Wildman–Crippen LogP) is 5.15. The summed E-state index contributed by atoms with van der Waals surface area (Å²) in [5.41, 5.74) is 1.58. The first kappa shape index (κ1) is 22.4. The van der Waals surface area contributed by atoms with Gasteiger partial charge >= 0.3 is 5.97 Å². The number of hydrogen-bond acceptors (Lipinski definition) is 7. The van der Waals surface area contributed by atoms with Crippen LogP contribution in [-0.2, 0) is 26.3 Å². The van der Waals surface area contributed by atoms with Gasteiger partial charge in [0.15, 0.2) is 16.6 Å². The molecule has 2 heterocycles. The Morgan fingerprint density at radius 1 is 1.06 bits per heavy atom. The van der Waals surface area contributed by atoms with Crippen molar-refractivity contribution in [1.82, 2.24) is 4.98 Å². The Hall–Kier alpha value is -3.39. The molecule has 0 spiro atoms. The minimum absolute atomic E-state index is 0.0577. The van der Waals surface area contributed by atoms with Gasteiger partial charge in [-0.05, 0) is 42.7 Å². The molecule has 0 bridgehead atoms. The third-order valence-electron chi connectivity index (χ3n) is 6.35. The van der Waals surface area contributed by atoms with Crippen LogP contribution < -0.4 is 14.4 Å². The first-order valence-electron chi connectivity index (χ1n) is 11.4. The number of benzene rings is 2. The Labute approximate surface area is 202 Å². The van der Waals surface area contributed by atoms with E-state index in [4.69, 9.17) is 14.2 Å². The third kappa shape index (κ3) is 4.25. The normalized spacial score (nSPS) is 16.1. The molecule has 2 aliphatic rings. The van der Waals surface area contributed by atoms with Crippen LogP contribution in [0, 0.1) is 0 Å². The van der Waals surface area contributed by atoms with Crippen molar-refractivity contribution in [3.63, 3.8) is 0 Å². The summed E-state index contributed by atoms with van der Waals surface area (Å²) in [4.78, 5) is 31.8. The number of esters is 1. The smallest absolute Gasteiger partial charge is 0.316 e. The Balaban J connectivity index is 1.32. The summed E-state index contributed by atoms with van der Waals surface area (Å²) in [5.74, 6) is 1.01. The fourth-order valence-electron chi connectivity index (χ4n) is 4.68. The van der Waals surface area contributed by atoms with Crippen molar-refractivity contribution in [2.24, 2.45) is 0 Å². The maximum atomic E-state index is 13.4. The number of para-hydroxylation sites is 1. The summed E-state index contributed by atoms with van der Waals surface area (Å²) < 4.78 is 17.2. The lowest BCUT2D eigenvalue weighted by Gasteiger charge is -2.28. The number of rotatable bonds is 6. The van der Waals surface area contributed by atoms with Crippen LogP contribution in [0.2, 0.25) is 0 Å². The van der Waals surface area contributed by atoms with Crippen molar-refractivity contribution in [2.45, 2.75) is 44.6 Å². The minimum atomic E-state index is -0.690. The molecule has 176 valence electrons. The number of carbonyl (C=O) groups excluding carboxylic acids is 2. The lowest BCUT2D eigenvalue weighted by molar-refractivity contribution is -0.152. The first-order valence-corrected chi connectivity index (χ1v) is 12.3. The molecular formula is C26H26N2O5S. The molecule has 0 radical (unpaired) electrons. The second kappa shape index (κ2) is 9.46. The van der Waals surface area contributed by atoms with Crippen molar-refractivity contribution >= 4 is 34.0 Å². The molecule has 8 heteroatoms. The average molecular weight is 479 g/mol. The highest BCUT2D eigenvalue weighted by Crippen LogP contribution is 2.45. The van der Waals surface area contributed by atoms with Gasteiger partial charge in [-0.2, -0.15) is 0 Å². The molecule has 1 amide bonds. The van der Waals surface area contributed by atoms with E-state index >= 15 is 0 Å². The average Bonchev–Trinajstić information content (AvgIpc) is 3.54. The van der Waals surface area contributed by atoms with E-state index in [-0.39, 0.29) is 18.5 Å². The maximum absolute atomic E-state index is 13.4. The van der Waals surface area contributed by atoms with Gasteiger partial charge in [0.05, 0.1) is 16.8 Å². The number of carbonyl (C=O) groups is 2. The van der Waals surface area contributed by atoms with Crippen LogP contribution in [0.5, 0.6) is 11.5 Å². The van der Waals surface area contributed by atoms with Gasteiger partial charge in [-0.25, -0.2) is 4.98 Å². The molecule has 2 aromatic carbocycles. The molecule has 0 unspecified atom stereocenters. The van der Waals surface area contributed by atoms with Gasteiger partial charge in [0.25, 0.3) is 0 Å². The van der Waals surface area contributed by atoms with Crippen molar-refractivity contribution in [3.05, 3.63) is 65.2 Å². The first-order chi connectivity index (χ1) is 16.6. The van der Waals surface area contributed by atoms with E-state index in [2.05, 4.69) is 4.98 Å². The highest BCUT2D eigenvalue weighted by molar-refractivity contribution is 7.14. The number of aromatic nitrogens is 1. The maximum Gasteiger partial charge on any atom is 0.316 e. The molecule has 5 rings (SSSR count). The Bertz CT molecular complexity index is 1190. The molecule has 1 aliphatic carbocycles. The fraction of sp³-hybridized carbons (Fsp3) is 0.346. The summed E-state index contributed by atoms with van der Waals surface area (Å²) in [6, 6.07) is 15.1. The summed E-state index contributed by atoms with van der Waals surface area (Å²) in [6.45, 7) is 2.59. The van der Waals surface area contributed by atoms with Crippen LogP contribution in [0.4, 0.5) is 10.8 Å².